The van der Waals surface area contributed by atoms with Gasteiger partial charge in [0.25, 0.3) is 0 Å². The lowest BCUT2D eigenvalue weighted by Crippen LogP contribution is -2.46. The second-order valence-corrected chi connectivity index (χ2v) is 5.94. The van der Waals surface area contributed by atoms with E-state index in [9.17, 15) is 19.5 Å². The Kier molecular flexibility index (Phi) is 6.99. The number of carboxylic acid groups (broad SMARTS) is 1. The number of aromatic nitrogens is 1. The topological polar surface area (TPSA) is 145 Å². The van der Waals surface area contributed by atoms with Crippen LogP contribution in [0.5, 0.6) is 0 Å². The Morgan fingerprint density at radius 2 is 2.11 bits per heavy atom. The Balaban J connectivity index is 2.04. The lowest BCUT2D eigenvalue weighted by molar-refractivity contribution is -0.144. The number of carbonyl (C=O) groups is 3. The van der Waals surface area contributed by atoms with Crippen molar-refractivity contribution >= 4 is 34.8 Å². The van der Waals surface area contributed by atoms with Gasteiger partial charge in [0, 0.05) is 37.1 Å². The smallest absolute Gasteiger partial charge is 0.326 e. The van der Waals surface area contributed by atoms with Gasteiger partial charge in [0.15, 0.2) is 0 Å². The van der Waals surface area contributed by atoms with Gasteiger partial charge >= 0.3 is 12.2 Å². The van der Waals surface area contributed by atoms with Gasteiger partial charge in [-0.25, -0.2) is 4.79 Å². The molecule has 2 unspecified atom stereocenters. The van der Waals surface area contributed by atoms with Crippen LogP contribution in [0.15, 0.2) is 30.5 Å². The molecule has 1 aromatic heterocycles. The fraction of sp³-hybridized carbons (Fsp3) is 0.333. The van der Waals surface area contributed by atoms with Crippen molar-refractivity contribution in [1.29, 1.82) is 0 Å². The largest absolute Gasteiger partial charge is 0.480 e. The number of nitrogens with one attached hydrogen (secondary N) is 2. The lowest BCUT2D eigenvalue weighted by atomic mass is 10.0. The number of ether oxygens (including phenoxy) is 1. The summed E-state index contributed by atoms with van der Waals surface area (Å²) in [6.45, 7) is 0. The van der Waals surface area contributed by atoms with E-state index >= 15 is 0 Å². The highest BCUT2D eigenvalue weighted by atomic mass is 16.5. The van der Waals surface area contributed by atoms with Gasteiger partial charge < -0.3 is 25.7 Å². The number of benzene rings is 1. The van der Waals surface area contributed by atoms with Crippen LogP contribution in [-0.4, -0.2) is 58.0 Å². The van der Waals surface area contributed by atoms with Crippen molar-refractivity contribution in [3.8, 4) is 0 Å². The summed E-state index contributed by atoms with van der Waals surface area (Å²) in [6.07, 6.45) is 1.54. The monoisotopic (exact) mass is 372 g/mol. The Morgan fingerprint density at radius 3 is 2.78 bits per heavy atom. The first kappa shape index (κ1) is 20.0. The highest BCUT2D eigenvalue weighted by Crippen LogP contribution is 2.19. The van der Waals surface area contributed by atoms with Gasteiger partial charge in [-0.2, -0.15) is 4.79 Å². The maximum absolute atomic E-state index is 12.5. The van der Waals surface area contributed by atoms with Gasteiger partial charge in [-0.15, -0.1) is 0 Å². The molecule has 2 aromatic rings. The molecule has 0 radical (unpaired) electrons. The fourth-order valence-electron chi connectivity index (χ4n) is 2.72. The van der Waals surface area contributed by atoms with Crippen LogP contribution in [0.2, 0.25) is 0 Å². The van der Waals surface area contributed by atoms with Crippen molar-refractivity contribution in [2.75, 3.05) is 7.11 Å². The van der Waals surface area contributed by atoms with Crippen LogP contribution in [0, 0.1) is 0 Å². The first-order valence-electron chi connectivity index (χ1n) is 8.27. The van der Waals surface area contributed by atoms with E-state index < -0.39 is 29.8 Å². The number of hydrogen-bond donors (Lipinski definition) is 3. The molecular formula is C18H20N4O5. The summed E-state index contributed by atoms with van der Waals surface area (Å²) in [5, 5.41) is 12.6. The molecule has 0 spiro atoms. The highest BCUT2D eigenvalue weighted by Gasteiger charge is 2.26. The van der Waals surface area contributed by atoms with Gasteiger partial charge in [0.05, 0.1) is 0 Å². The van der Waals surface area contributed by atoms with E-state index in [2.05, 4.69) is 15.1 Å². The number of carboxylic acids is 1. The number of carbonyl (C=O) groups excluding carboxylic acids is 2. The third-order valence-corrected chi connectivity index (χ3v) is 4.15. The molecule has 0 aliphatic heterocycles. The van der Waals surface area contributed by atoms with Crippen LogP contribution in [-0.2, 0) is 25.5 Å². The summed E-state index contributed by atoms with van der Waals surface area (Å²) in [6, 6.07) is 6.35. The van der Waals surface area contributed by atoms with Gasteiger partial charge in [-0.05, 0) is 18.1 Å². The van der Waals surface area contributed by atoms with Crippen molar-refractivity contribution in [2.45, 2.75) is 31.4 Å². The predicted octanol–water partition coefficient (Wildman–Crippen LogP) is 0.945. The third kappa shape index (κ3) is 5.34. The van der Waals surface area contributed by atoms with E-state index in [0.29, 0.717) is 6.21 Å². The van der Waals surface area contributed by atoms with Crippen LogP contribution in [0.25, 0.3) is 16.4 Å². The minimum absolute atomic E-state index is 0.130. The van der Waals surface area contributed by atoms with Crippen molar-refractivity contribution in [3.63, 3.8) is 0 Å². The maximum Gasteiger partial charge on any atom is 0.326 e. The maximum atomic E-state index is 12.5. The summed E-state index contributed by atoms with van der Waals surface area (Å²) >= 11 is 0. The molecule has 142 valence electrons. The Hall–Kier alpha value is -3.29. The zero-order chi connectivity index (χ0) is 19.8. The molecule has 9 nitrogen and oxygen atoms in total. The number of aliphatic carboxylic acids is 1. The summed E-state index contributed by atoms with van der Waals surface area (Å²) < 4.78 is 5.24. The van der Waals surface area contributed by atoms with E-state index in [-0.39, 0.29) is 19.3 Å². The average Bonchev–Trinajstić information content (AvgIpc) is 3.05. The quantitative estimate of drug-likeness (QED) is 0.323. The van der Waals surface area contributed by atoms with Gasteiger partial charge in [-0.3, -0.25) is 9.59 Å². The lowest BCUT2D eigenvalue weighted by Gasteiger charge is -2.19. The van der Waals surface area contributed by atoms with Crippen LogP contribution < -0.4 is 5.32 Å². The zero-order valence-electron chi connectivity index (χ0n) is 14.7. The molecule has 0 bridgehead atoms. The second-order valence-electron chi connectivity index (χ2n) is 5.94. The molecule has 27 heavy (non-hydrogen) atoms. The Bertz CT molecular complexity index is 885. The molecule has 1 amide bonds. The molecule has 3 N–H and O–H groups in total. The minimum Gasteiger partial charge on any atom is -0.480 e. The number of ketones is 1. The molecule has 0 aliphatic rings. The van der Waals surface area contributed by atoms with Gasteiger partial charge in [-0.1, -0.05) is 18.2 Å². The van der Waals surface area contributed by atoms with E-state index in [1.165, 1.54) is 7.11 Å². The molecule has 2 rings (SSSR count). The van der Waals surface area contributed by atoms with Gasteiger partial charge in [0.2, 0.25) is 11.7 Å². The van der Waals surface area contributed by atoms with Crippen LogP contribution in [0.3, 0.4) is 0 Å². The number of methoxy groups -OCH3 is 1. The van der Waals surface area contributed by atoms with Crippen molar-refractivity contribution in [3.05, 3.63) is 41.6 Å². The molecule has 2 atom stereocenters. The van der Waals surface area contributed by atoms with E-state index in [4.69, 9.17) is 10.3 Å². The molecule has 1 heterocycles. The van der Waals surface area contributed by atoms with Crippen molar-refractivity contribution in [1.82, 2.24) is 10.3 Å². The van der Waals surface area contributed by atoms with E-state index in [0.717, 1.165) is 16.5 Å². The number of fused-ring (bicyclic) bond motifs is 1. The SMILES string of the molecule is COC(Cc1c[nH]c2ccccc12)C(=O)NC(CCC(=O)C=[N+]=[N-])C(=O)O. The Morgan fingerprint density at radius 1 is 1.37 bits per heavy atom. The average molecular weight is 372 g/mol. The number of nitrogens with zero attached hydrogens (tertiary/aromatic N) is 2. The number of Topliss-reactive ketones (excluding diaryl/α,β-unsaturated/α-hetero) is 1. The minimum atomic E-state index is -1.26. The summed E-state index contributed by atoms with van der Waals surface area (Å²) in [5.41, 5.74) is 10.1. The molecule has 9 heteroatoms. The van der Waals surface area contributed by atoms with E-state index in [1.54, 1.807) is 6.20 Å². The number of para-hydroxylation sites is 1. The van der Waals surface area contributed by atoms with Crippen LogP contribution in [0.4, 0.5) is 0 Å². The summed E-state index contributed by atoms with van der Waals surface area (Å²) in [5.74, 6) is -2.39. The summed E-state index contributed by atoms with van der Waals surface area (Å²) in [4.78, 5) is 40.9. The number of amides is 1. The molecule has 0 saturated heterocycles. The predicted molar refractivity (Wildman–Crippen MR) is 96.3 cm³/mol. The number of rotatable bonds is 10. The van der Waals surface area contributed by atoms with E-state index in [1.807, 2.05) is 24.3 Å². The molecule has 0 saturated carbocycles. The fourth-order valence-corrected chi connectivity index (χ4v) is 2.72. The molecule has 1 aromatic carbocycles. The number of aromatic amines is 1. The first-order valence-corrected chi connectivity index (χ1v) is 8.27. The van der Waals surface area contributed by atoms with Crippen molar-refractivity contribution < 1.29 is 29.0 Å². The number of hydrogen-bond acceptors (Lipinski definition) is 4. The summed E-state index contributed by atoms with van der Waals surface area (Å²) in [7, 11) is 1.37. The second kappa shape index (κ2) is 9.42. The Labute approximate surface area is 154 Å². The standard InChI is InChI=1S/C18H20N4O5/c1-27-16(8-11-9-20-14-5-3-2-4-13(11)14)17(24)22-15(18(25)26)7-6-12(23)10-21-19/h2-5,9-10,15-16,20H,6-8H2,1H3,(H,22,24)(H,25,26). The van der Waals surface area contributed by atoms with Crippen LogP contribution >= 0.6 is 0 Å². The first-order chi connectivity index (χ1) is 13.0. The van der Waals surface area contributed by atoms with Crippen LogP contribution in [0.1, 0.15) is 18.4 Å². The normalized spacial score (nSPS) is 12.8. The zero-order valence-corrected chi connectivity index (χ0v) is 14.7. The molecule has 0 aliphatic carbocycles. The molecule has 0 fully saturated rings. The highest BCUT2D eigenvalue weighted by molar-refractivity contribution is 6.25. The van der Waals surface area contributed by atoms with Crippen molar-refractivity contribution in [2.24, 2.45) is 0 Å². The number of H-pyrrole nitrogens is 1. The molecular weight excluding hydrogens is 352 g/mol. The van der Waals surface area contributed by atoms with Gasteiger partial charge in [0.1, 0.15) is 12.1 Å². The third-order valence-electron chi connectivity index (χ3n) is 4.15.